The number of anilines is 1. The Morgan fingerprint density at radius 2 is 2.12 bits per heavy atom. The van der Waals surface area contributed by atoms with E-state index in [-0.39, 0.29) is 12.0 Å². The third-order valence-electron chi connectivity index (χ3n) is 4.29. The second-order valence-electron chi connectivity index (χ2n) is 6.06. The maximum atomic E-state index is 13.5. The second kappa shape index (κ2) is 7.44. The average molecular weight is 407 g/mol. The van der Waals surface area contributed by atoms with Crippen LogP contribution in [0.15, 0.2) is 46.9 Å². The molecule has 6 heteroatoms. The zero-order valence-corrected chi connectivity index (χ0v) is 15.8. The number of nitrogens with zero attached hydrogens (tertiary/aromatic N) is 2. The van der Waals surface area contributed by atoms with Crippen LogP contribution in [0.1, 0.15) is 17.3 Å². The van der Waals surface area contributed by atoms with Gasteiger partial charge in [0.1, 0.15) is 17.7 Å². The van der Waals surface area contributed by atoms with Gasteiger partial charge in [-0.2, -0.15) is 0 Å². The topological polar surface area (TPSA) is 32.8 Å². The Morgan fingerprint density at radius 3 is 2.88 bits per heavy atom. The van der Waals surface area contributed by atoms with E-state index in [9.17, 15) is 9.18 Å². The van der Waals surface area contributed by atoms with Gasteiger partial charge in [-0.05, 0) is 53.2 Å². The van der Waals surface area contributed by atoms with E-state index in [0.717, 1.165) is 18.0 Å². The van der Waals surface area contributed by atoms with Crippen LogP contribution >= 0.6 is 15.9 Å². The SMILES string of the molecule is CCN1C[C@@H](CN(C)C(=O)c2cc(F)ccc2Br)Oc2ccccc21. The Bertz CT molecular complexity index is 784. The van der Waals surface area contributed by atoms with Gasteiger partial charge >= 0.3 is 0 Å². The van der Waals surface area contributed by atoms with Crippen LogP contribution in [0.4, 0.5) is 10.1 Å². The molecule has 0 aliphatic carbocycles. The maximum absolute atomic E-state index is 13.5. The molecule has 0 saturated heterocycles. The van der Waals surface area contributed by atoms with E-state index in [1.165, 1.54) is 12.1 Å². The largest absolute Gasteiger partial charge is 0.485 e. The van der Waals surface area contributed by atoms with Crippen LogP contribution in [0.3, 0.4) is 0 Å². The summed E-state index contributed by atoms with van der Waals surface area (Å²) < 4.78 is 20.1. The summed E-state index contributed by atoms with van der Waals surface area (Å²) >= 11 is 3.31. The fourth-order valence-corrected chi connectivity index (χ4v) is 3.45. The van der Waals surface area contributed by atoms with Gasteiger partial charge in [-0.15, -0.1) is 0 Å². The van der Waals surface area contributed by atoms with Gasteiger partial charge in [-0.25, -0.2) is 4.39 Å². The summed E-state index contributed by atoms with van der Waals surface area (Å²) in [5, 5.41) is 0. The molecule has 2 aromatic rings. The van der Waals surface area contributed by atoms with Crippen LogP contribution in [0.5, 0.6) is 5.75 Å². The van der Waals surface area contributed by atoms with Crippen molar-refractivity contribution in [3.8, 4) is 5.75 Å². The Kier molecular flexibility index (Phi) is 5.27. The van der Waals surface area contributed by atoms with E-state index in [4.69, 9.17) is 4.74 Å². The van der Waals surface area contributed by atoms with Gasteiger partial charge in [0, 0.05) is 18.1 Å². The van der Waals surface area contributed by atoms with Crippen molar-refractivity contribution in [1.29, 1.82) is 0 Å². The van der Waals surface area contributed by atoms with E-state index < -0.39 is 5.82 Å². The molecule has 1 heterocycles. The number of para-hydroxylation sites is 2. The zero-order valence-electron chi connectivity index (χ0n) is 14.2. The highest BCUT2D eigenvalue weighted by molar-refractivity contribution is 9.10. The van der Waals surface area contributed by atoms with Gasteiger partial charge in [0.05, 0.1) is 24.3 Å². The van der Waals surface area contributed by atoms with E-state index in [1.54, 1.807) is 18.0 Å². The fourth-order valence-electron chi connectivity index (χ4n) is 3.03. The zero-order chi connectivity index (χ0) is 18.0. The highest BCUT2D eigenvalue weighted by atomic mass is 79.9. The van der Waals surface area contributed by atoms with Gasteiger partial charge in [-0.3, -0.25) is 4.79 Å². The van der Waals surface area contributed by atoms with Crippen molar-refractivity contribution in [3.63, 3.8) is 0 Å². The number of carbonyl (C=O) groups excluding carboxylic acids is 1. The van der Waals surface area contributed by atoms with Crippen molar-refractivity contribution in [3.05, 3.63) is 58.3 Å². The number of benzene rings is 2. The number of ether oxygens (including phenoxy) is 1. The Morgan fingerprint density at radius 1 is 1.36 bits per heavy atom. The normalized spacial score (nSPS) is 16.2. The van der Waals surface area contributed by atoms with Crippen molar-refractivity contribution >= 4 is 27.5 Å². The molecule has 1 atom stereocenters. The number of halogens is 2. The molecular formula is C19H20BrFN2O2. The van der Waals surface area contributed by atoms with Gasteiger partial charge in [0.25, 0.3) is 5.91 Å². The first-order valence-corrected chi connectivity index (χ1v) is 9.00. The van der Waals surface area contributed by atoms with Crippen LogP contribution in [0, 0.1) is 5.82 Å². The van der Waals surface area contributed by atoms with E-state index in [0.29, 0.717) is 23.1 Å². The monoisotopic (exact) mass is 406 g/mol. The Labute approximate surface area is 155 Å². The molecule has 1 aliphatic heterocycles. The summed E-state index contributed by atoms with van der Waals surface area (Å²) in [4.78, 5) is 16.5. The summed E-state index contributed by atoms with van der Waals surface area (Å²) in [6.45, 7) is 4.09. The Hall–Kier alpha value is -2.08. The third kappa shape index (κ3) is 3.79. The number of hydrogen-bond donors (Lipinski definition) is 0. The lowest BCUT2D eigenvalue weighted by atomic mass is 10.1. The highest BCUT2D eigenvalue weighted by Crippen LogP contribution is 2.33. The van der Waals surface area contributed by atoms with Crippen LogP contribution in [0.25, 0.3) is 0 Å². The van der Waals surface area contributed by atoms with Crippen molar-refractivity contribution in [2.45, 2.75) is 13.0 Å². The molecule has 0 fully saturated rings. The van der Waals surface area contributed by atoms with Crippen molar-refractivity contribution < 1.29 is 13.9 Å². The molecule has 1 aliphatic rings. The molecule has 25 heavy (non-hydrogen) atoms. The number of hydrogen-bond acceptors (Lipinski definition) is 3. The summed E-state index contributed by atoms with van der Waals surface area (Å²) in [5.74, 6) is 0.158. The summed E-state index contributed by atoms with van der Waals surface area (Å²) in [5.41, 5.74) is 1.38. The molecule has 0 radical (unpaired) electrons. The summed E-state index contributed by atoms with van der Waals surface area (Å²) in [6.07, 6.45) is -0.142. The van der Waals surface area contributed by atoms with Crippen LogP contribution in [0.2, 0.25) is 0 Å². The third-order valence-corrected chi connectivity index (χ3v) is 4.98. The first-order valence-electron chi connectivity index (χ1n) is 8.20. The van der Waals surface area contributed by atoms with Gasteiger partial charge < -0.3 is 14.5 Å². The van der Waals surface area contributed by atoms with E-state index in [2.05, 4.69) is 27.8 Å². The summed E-state index contributed by atoms with van der Waals surface area (Å²) in [7, 11) is 1.71. The quantitative estimate of drug-likeness (QED) is 0.770. The lowest BCUT2D eigenvalue weighted by Gasteiger charge is -2.37. The predicted molar refractivity (Wildman–Crippen MR) is 99.8 cm³/mol. The highest BCUT2D eigenvalue weighted by Gasteiger charge is 2.27. The van der Waals surface area contributed by atoms with Gasteiger partial charge in [-0.1, -0.05) is 12.1 Å². The van der Waals surface area contributed by atoms with E-state index >= 15 is 0 Å². The number of likely N-dealkylation sites (N-methyl/N-ethyl adjacent to an activating group) is 2. The smallest absolute Gasteiger partial charge is 0.254 e. The molecule has 0 aromatic heterocycles. The number of carbonyl (C=O) groups is 1. The molecule has 0 unspecified atom stereocenters. The lowest BCUT2D eigenvalue weighted by Crippen LogP contribution is -2.46. The lowest BCUT2D eigenvalue weighted by molar-refractivity contribution is 0.0708. The maximum Gasteiger partial charge on any atom is 0.254 e. The van der Waals surface area contributed by atoms with Crippen molar-refractivity contribution in [2.75, 3.05) is 31.6 Å². The molecule has 0 bridgehead atoms. The van der Waals surface area contributed by atoms with E-state index in [1.807, 2.05) is 24.3 Å². The van der Waals surface area contributed by atoms with Crippen LogP contribution < -0.4 is 9.64 Å². The molecular weight excluding hydrogens is 387 g/mol. The standard InChI is InChI=1S/C19H20BrFN2O2/c1-3-23-12-14(25-18-7-5-4-6-17(18)23)11-22(2)19(24)15-10-13(21)8-9-16(15)20/h4-10,14H,3,11-12H2,1-2H3/t14-/m1/s1. The minimum Gasteiger partial charge on any atom is -0.485 e. The number of rotatable bonds is 4. The average Bonchev–Trinajstić information content (AvgIpc) is 2.62. The van der Waals surface area contributed by atoms with Gasteiger partial charge in [0.15, 0.2) is 0 Å². The summed E-state index contributed by atoms with van der Waals surface area (Å²) in [6, 6.07) is 12.0. The molecule has 132 valence electrons. The minimum atomic E-state index is -0.431. The first-order chi connectivity index (χ1) is 12.0. The minimum absolute atomic E-state index is 0.142. The number of fused-ring (bicyclic) bond motifs is 1. The molecule has 0 spiro atoms. The van der Waals surface area contributed by atoms with Crippen molar-refractivity contribution in [2.24, 2.45) is 0 Å². The predicted octanol–water partition coefficient (Wildman–Crippen LogP) is 3.95. The molecule has 3 rings (SSSR count). The molecule has 0 N–H and O–H groups in total. The number of amides is 1. The van der Waals surface area contributed by atoms with Crippen LogP contribution in [-0.4, -0.2) is 43.6 Å². The second-order valence-corrected chi connectivity index (χ2v) is 6.91. The van der Waals surface area contributed by atoms with Crippen LogP contribution in [-0.2, 0) is 0 Å². The fraction of sp³-hybridized carbons (Fsp3) is 0.316. The van der Waals surface area contributed by atoms with Gasteiger partial charge in [0.2, 0.25) is 0 Å². The first kappa shape index (κ1) is 17.7. The molecule has 4 nitrogen and oxygen atoms in total. The Balaban J connectivity index is 1.74. The molecule has 1 amide bonds. The molecule has 0 saturated carbocycles. The van der Waals surface area contributed by atoms with Crippen molar-refractivity contribution in [1.82, 2.24) is 4.90 Å². The molecule has 2 aromatic carbocycles.